The van der Waals surface area contributed by atoms with Gasteiger partial charge >= 0.3 is 0 Å². The second kappa shape index (κ2) is 6.99. The van der Waals surface area contributed by atoms with Gasteiger partial charge in [-0.25, -0.2) is 0 Å². The first-order valence-electron chi connectivity index (χ1n) is 10.1. The van der Waals surface area contributed by atoms with Gasteiger partial charge in [0.05, 0.1) is 7.11 Å². The summed E-state index contributed by atoms with van der Waals surface area (Å²) in [5, 5.41) is 12.6. The van der Waals surface area contributed by atoms with Crippen LogP contribution >= 0.6 is 0 Å². The molecule has 0 aliphatic carbocycles. The maximum atomic E-state index is 10.2. The normalized spacial score (nSPS) is 11.6. The molecule has 5 rings (SSSR count). The van der Waals surface area contributed by atoms with Crippen LogP contribution in [0.15, 0.2) is 66.7 Å². The lowest BCUT2D eigenvalue weighted by Crippen LogP contribution is -2.06. The molecular formula is C26H24N2O2. The van der Waals surface area contributed by atoms with Gasteiger partial charge in [0.2, 0.25) is 0 Å². The molecule has 0 spiro atoms. The number of para-hydroxylation sites is 2. The zero-order valence-electron chi connectivity index (χ0n) is 17.3. The van der Waals surface area contributed by atoms with Gasteiger partial charge in [-0.15, -0.1) is 0 Å². The molecule has 4 nitrogen and oxygen atoms in total. The van der Waals surface area contributed by atoms with Crippen molar-refractivity contribution in [1.82, 2.24) is 9.97 Å². The Balaban J connectivity index is 1.87. The number of benzene rings is 3. The lowest BCUT2D eigenvalue weighted by Gasteiger charge is -2.21. The van der Waals surface area contributed by atoms with Gasteiger partial charge in [0, 0.05) is 39.1 Å². The second-order valence-corrected chi connectivity index (χ2v) is 7.78. The fraction of sp³-hybridized carbons (Fsp3) is 0.154. The number of ether oxygens (including phenoxy) is 1. The maximum absolute atomic E-state index is 10.2. The predicted molar refractivity (Wildman–Crippen MR) is 122 cm³/mol. The highest BCUT2D eigenvalue weighted by atomic mass is 16.5. The molecule has 150 valence electrons. The summed E-state index contributed by atoms with van der Waals surface area (Å²) in [4.78, 5) is 7.11. The Morgan fingerprint density at radius 1 is 0.767 bits per heavy atom. The Bertz CT molecular complexity index is 1300. The van der Waals surface area contributed by atoms with Crippen molar-refractivity contribution in [3.63, 3.8) is 0 Å². The standard InChI is InChI=1S/C26H24N2O2/c1-15-24(18-8-4-6-10-20(18)27-15)26(17-12-13-22(29)23(14-17)30-3)25-16(2)28-21-11-7-5-9-19(21)25/h4-14,26-29H,1-3H3. The summed E-state index contributed by atoms with van der Waals surface area (Å²) in [5.41, 5.74) is 8.08. The molecule has 4 heteroatoms. The Morgan fingerprint density at radius 2 is 1.30 bits per heavy atom. The monoisotopic (exact) mass is 396 g/mol. The summed E-state index contributed by atoms with van der Waals surface area (Å²) in [7, 11) is 1.59. The number of aromatic hydroxyl groups is 1. The molecule has 0 bridgehead atoms. The van der Waals surface area contributed by atoms with Crippen molar-refractivity contribution in [2.45, 2.75) is 19.8 Å². The number of fused-ring (bicyclic) bond motifs is 2. The number of H-pyrrole nitrogens is 2. The van der Waals surface area contributed by atoms with Crippen LogP contribution < -0.4 is 4.74 Å². The molecule has 0 aliphatic rings. The van der Waals surface area contributed by atoms with Gasteiger partial charge in [0.15, 0.2) is 11.5 Å². The molecule has 0 aliphatic heterocycles. The first-order valence-corrected chi connectivity index (χ1v) is 10.1. The number of nitrogens with one attached hydrogen (secondary N) is 2. The number of phenols is 1. The van der Waals surface area contributed by atoms with E-state index in [-0.39, 0.29) is 11.7 Å². The minimum atomic E-state index is -0.0215. The molecule has 30 heavy (non-hydrogen) atoms. The number of hydrogen-bond acceptors (Lipinski definition) is 2. The van der Waals surface area contributed by atoms with Gasteiger partial charge in [-0.1, -0.05) is 42.5 Å². The highest BCUT2D eigenvalue weighted by Crippen LogP contribution is 2.44. The van der Waals surface area contributed by atoms with E-state index in [9.17, 15) is 5.11 Å². The Morgan fingerprint density at radius 3 is 1.83 bits per heavy atom. The fourth-order valence-electron chi connectivity index (χ4n) is 4.69. The van der Waals surface area contributed by atoms with Crippen LogP contribution in [0.2, 0.25) is 0 Å². The third kappa shape index (κ3) is 2.76. The summed E-state index contributed by atoms with van der Waals surface area (Å²) in [6, 6.07) is 22.5. The van der Waals surface area contributed by atoms with E-state index < -0.39 is 0 Å². The molecule has 0 saturated heterocycles. The SMILES string of the molecule is COc1cc(C(c2c(C)[nH]c3ccccc23)c2c(C)[nH]c3ccccc23)ccc1O. The van der Waals surface area contributed by atoms with Crippen molar-refractivity contribution in [2.24, 2.45) is 0 Å². The summed E-state index contributed by atoms with van der Waals surface area (Å²) in [6.45, 7) is 4.26. The van der Waals surface area contributed by atoms with E-state index in [1.807, 2.05) is 12.1 Å². The smallest absolute Gasteiger partial charge is 0.160 e. The van der Waals surface area contributed by atoms with Gasteiger partial charge in [-0.2, -0.15) is 0 Å². The average Bonchev–Trinajstić information content (AvgIpc) is 3.26. The maximum Gasteiger partial charge on any atom is 0.160 e. The number of hydrogen-bond donors (Lipinski definition) is 3. The van der Waals surface area contributed by atoms with Crippen LogP contribution in [0.25, 0.3) is 21.8 Å². The molecule has 3 N–H and O–H groups in total. The largest absolute Gasteiger partial charge is 0.504 e. The van der Waals surface area contributed by atoms with Crippen LogP contribution in [0.5, 0.6) is 11.5 Å². The average molecular weight is 396 g/mol. The first kappa shape index (κ1) is 18.4. The predicted octanol–water partition coefficient (Wildman–Crippen LogP) is 6.16. The van der Waals surface area contributed by atoms with Crippen LogP contribution in [0.4, 0.5) is 0 Å². The summed E-state index contributed by atoms with van der Waals surface area (Å²) in [6.07, 6.45) is 0. The van der Waals surface area contributed by atoms with E-state index in [1.54, 1.807) is 13.2 Å². The summed E-state index contributed by atoms with van der Waals surface area (Å²) in [5.74, 6) is 0.602. The number of phenolic OH excluding ortho intramolecular Hbond substituents is 1. The topological polar surface area (TPSA) is 61.0 Å². The Labute approximate surface area is 175 Å². The Kier molecular flexibility index (Phi) is 4.28. The van der Waals surface area contributed by atoms with Crippen molar-refractivity contribution < 1.29 is 9.84 Å². The molecule has 0 fully saturated rings. The molecule has 2 heterocycles. The minimum absolute atomic E-state index is 0.0215. The van der Waals surface area contributed by atoms with Crippen LogP contribution in [0, 0.1) is 13.8 Å². The second-order valence-electron chi connectivity index (χ2n) is 7.78. The highest BCUT2D eigenvalue weighted by molar-refractivity contribution is 5.90. The van der Waals surface area contributed by atoms with E-state index in [0.717, 1.165) is 28.0 Å². The van der Waals surface area contributed by atoms with Crippen LogP contribution in [0.1, 0.15) is 34.0 Å². The highest BCUT2D eigenvalue weighted by Gasteiger charge is 2.27. The van der Waals surface area contributed by atoms with E-state index in [2.05, 4.69) is 72.3 Å². The quantitative estimate of drug-likeness (QED) is 0.341. The van der Waals surface area contributed by atoms with Gasteiger partial charge in [-0.3, -0.25) is 0 Å². The van der Waals surface area contributed by atoms with Crippen LogP contribution in [0.3, 0.4) is 0 Å². The van der Waals surface area contributed by atoms with Crippen molar-refractivity contribution >= 4 is 21.8 Å². The number of aromatic amines is 2. The van der Waals surface area contributed by atoms with Gasteiger partial charge in [0.1, 0.15) is 0 Å². The molecule has 2 aromatic heterocycles. The van der Waals surface area contributed by atoms with Crippen molar-refractivity contribution in [3.05, 3.63) is 94.8 Å². The third-order valence-corrected chi connectivity index (χ3v) is 6.00. The van der Waals surface area contributed by atoms with Gasteiger partial charge < -0.3 is 19.8 Å². The van der Waals surface area contributed by atoms with E-state index in [1.165, 1.54) is 21.9 Å². The fourth-order valence-corrected chi connectivity index (χ4v) is 4.69. The van der Waals surface area contributed by atoms with Crippen LogP contribution in [-0.2, 0) is 0 Å². The van der Waals surface area contributed by atoms with Crippen molar-refractivity contribution in [1.29, 1.82) is 0 Å². The molecule has 0 unspecified atom stereocenters. The van der Waals surface area contributed by atoms with Crippen molar-refractivity contribution in [2.75, 3.05) is 7.11 Å². The summed E-state index contributed by atoms with van der Waals surface area (Å²) >= 11 is 0. The number of rotatable bonds is 4. The molecule has 0 saturated carbocycles. The van der Waals surface area contributed by atoms with Crippen LogP contribution in [-0.4, -0.2) is 22.2 Å². The first-order chi connectivity index (χ1) is 14.6. The molecule has 0 radical (unpaired) electrons. The zero-order chi connectivity index (χ0) is 20.8. The van der Waals surface area contributed by atoms with Crippen molar-refractivity contribution in [3.8, 4) is 11.5 Å². The lowest BCUT2D eigenvalue weighted by molar-refractivity contribution is 0.373. The number of aryl methyl sites for hydroxylation is 2. The van der Waals surface area contributed by atoms with E-state index >= 15 is 0 Å². The minimum Gasteiger partial charge on any atom is -0.504 e. The molecule has 0 amide bonds. The molecule has 5 aromatic rings. The zero-order valence-corrected chi connectivity index (χ0v) is 17.3. The number of aromatic nitrogens is 2. The van der Waals surface area contributed by atoms with E-state index in [4.69, 9.17) is 4.74 Å². The molecule has 3 aromatic carbocycles. The Hall–Kier alpha value is -3.66. The number of methoxy groups -OCH3 is 1. The lowest BCUT2D eigenvalue weighted by atomic mass is 9.82. The summed E-state index contributed by atoms with van der Waals surface area (Å²) < 4.78 is 5.44. The van der Waals surface area contributed by atoms with Gasteiger partial charge in [-0.05, 0) is 54.8 Å². The molecular weight excluding hydrogens is 372 g/mol. The van der Waals surface area contributed by atoms with Gasteiger partial charge in [0.25, 0.3) is 0 Å². The molecule has 0 atom stereocenters. The van der Waals surface area contributed by atoms with E-state index in [0.29, 0.717) is 5.75 Å². The third-order valence-electron chi connectivity index (χ3n) is 6.00.